The summed E-state index contributed by atoms with van der Waals surface area (Å²) in [6, 6.07) is 0. The monoisotopic (exact) mass is 873 g/mol. The second-order valence-corrected chi connectivity index (χ2v) is 18.5. The average Bonchev–Trinajstić information content (AvgIpc) is 3.27. The molecule has 6 nitrogen and oxygen atoms in total. The Bertz CT molecular complexity index is 1000. The Kier molecular flexibility index (Phi) is 49.8. The van der Waals surface area contributed by atoms with Crippen molar-refractivity contribution in [3.8, 4) is 0 Å². The Morgan fingerprint density at radius 1 is 0.323 bits per heavy atom. The molecule has 0 aliphatic heterocycles. The summed E-state index contributed by atoms with van der Waals surface area (Å²) >= 11 is 0. The van der Waals surface area contributed by atoms with E-state index in [0.717, 1.165) is 64.2 Å². The molecule has 0 saturated carbocycles. The molecule has 0 aromatic carbocycles. The fraction of sp³-hybridized carbons (Fsp3) is 0.875. The van der Waals surface area contributed by atoms with Crippen LogP contribution in [0.1, 0.15) is 297 Å². The van der Waals surface area contributed by atoms with E-state index in [1.165, 1.54) is 193 Å². The summed E-state index contributed by atoms with van der Waals surface area (Å²) < 4.78 is 16.7. The van der Waals surface area contributed by atoms with Crippen molar-refractivity contribution in [2.75, 3.05) is 13.2 Å². The number of allylic oxidation sites excluding steroid dienone is 4. The van der Waals surface area contributed by atoms with Gasteiger partial charge in [-0.2, -0.15) is 0 Å². The third kappa shape index (κ3) is 48.9. The van der Waals surface area contributed by atoms with Crippen LogP contribution >= 0.6 is 0 Å². The van der Waals surface area contributed by atoms with Gasteiger partial charge in [0.1, 0.15) is 13.2 Å². The van der Waals surface area contributed by atoms with Crippen molar-refractivity contribution >= 4 is 17.9 Å². The van der Waals surface area contributed by atoms with Crippen LogP contribution in [0.3, 0.4) is 0 Å². The van der Waals surface area contributed by atoms with Gasteiger partial charge in [0.2, 0.25) is 0 Å². The van der Waals surface area contributed by atoms with E-state index in [1.54, 1.807) is 0 Å². The topological polar surface area (TPSA) is 78.9 Å². The van der Waals surface area contributed by atoms with Gasteiger partial charge in [0.15, 0.2) is 6.10 Å². The lowest BCUT2D eigenvalue weighted by Crippen LogP contribution is -2.30. The molecule has 6 heteroatoms. The summed E-state index contributed by atoms with van der Waals surface area (Å²) in [6.45, 7) is 6.60. The van der Waals surface area contributed by atoms with Gasteiger partial charge in [0.05, 0.1) is 0 Å². The van der Waals surface area contributed by atoms with E-state index in [0.29, 0.717) is 19.3 Å². The molecule has 0 heterocycles. The predicted molar refractivity (Wildman–Crippen MR) is 266 cm³/mol. The number of ether oxygens (including phenoxy) is 3. The molecule has 1 atom stereocenters. The highest BCUT2D eigenvalue weighted by Gasteiger charge is 2.19. The van der Waals surface area contributed by atoms with Crippen LogP contribution in [0.2, 0.25) is 0 Å². The van der Waals surface area contributed by atoms with Gasteiger partial charge in [-0.25, -0.2) is 0 Å². The third-order valence-electron chi connectivity index (χ3n) is 12.2. The van der Waals surface area contributed by atoms with E-state index in [4.69, 9.17) is 14.2 Å². The number of rotatable bonds is 50. The van der Waals surface area contributed by atoms with Gasteiger partial charge in [-0.3, -0.25) is 14.4 Å². The van der Waals surface area contributed by atoms with Gasteiger partial charge >= 0.3 is 17.9 Å². The van der Waals surface area contributed by atoms with Crippen LogP contribution in [0.15, 0.2) is 24.3 Å². The highest BCUT2D eigenvalue weighted by molar-refractivity contribution is 5.71. The minimum absolute atomic E-state index is 0.0672. The van der Waals surface area contributed by atoms with Gasteiger partial charge in [-0.05, 0) is 51.4 Å². The fourth-order valence-electron chi connectivity index (χ4n) is 8.06. The Morgan fingerprint density at radius 3 is 0.887 bits per heavy atom. The Morgan fingerprint density at radius 2 is 0.581 bits per heavy atom. The first kappa shape index (κ1) is 59.9. The highest BCUT2D eigenvalue weighted by atomic mass is 16.6. The van der Waals surface area contributed by atoms with Crippen LogP contribution in [0, 0.1) is 0 Å². The summed E-state index contributed by atoms with van der Waals surface area (Å²) in [4.78, 5) is 37.7. The Balaban J connectivity index is 4.05. The zero-order valence-corrected chi connectivity index (χ0v) is 41.7. The summed E-state index contributed by atoms with van der Waals surface area (Å²) in [5.41, 5.74) is 0. The molecular weight excluding hydrogens is 769 g/mol. The highest BCUT2D eigenvalue weighted by Crippen LogP contribution is 2.16. The molecule has 62 heavy (non-hydrogen) atoms. The van der Waals surface area contributed by atoms with Gasteiger partial charge < -0.3 is 14.2 Å². The SMILES string of the molecule is CCCCCCC/C=C\C/C=C\CCCCCCCCCCCCCCCC(=O)OCC(COC(=O)CCCCCCCC)OC(=O)CCCCCCCCCCCCCCC. The summed E-state index contributed by atoms with van der Waals surface area (Å²) in [5, 5.41) is 0. The van der Waals surface area contributed by atoms with Crippen LogP contribution in [-0.4, -0.2) is 37.2 Å². The number of carbonyl (C=O) groups is 3. The number of hydrogen-bond donors (Lipinski definition) is 0. The Hall–Kier alpha value is -2.11. The molecule has 0 saturated heterocycles. The number of esters is 3. The summed E-state index contributed by atoms with van der Waals surface area (Å²) in [7, 11) is 0. The van der Waals surface area contributed by atoms with Gasteiger partial charge in [-0.1, -0.05) is 251 Å². The Labute approximate surface area is 385 Å². The second-order valence-electron chi connectivity index (χ2n) is 18.5. The lowest BCUT2D eigenvalue weighted by Gasteiger charge is -2.18. The van der Waals surface area contributed by atoms with E-state index in [9.17, 15) is 14.4 Å². The van der Waals surface area contributed by atoms with E-state index in [1.807, 2.05) is 0 Å². The molecule has 0 aliphatic carbocycles. The maximum Gasteiger partial charge on any atom is 0.306 e. The summed E-state index contributed by atoms with van der Waals surface area (Å²) in [6.07, 6.45) is 59.1. The second kappa shape index (κ2) is 51.5. The molecule has 0 spiro atoms. The molecule has 0 aromatic rings. The number of unbranched alkanes of at least 4 members (excludes halogenated alkanes) is 35. The van der Waals surface area contributed by atoms with Crippen molar-refractivity contribution in [2.24, 2.45) is 0 Å². The van der Waals surface area contributed by atoms with Crippen molar-refractivity contribution < 1.29 is 28.6 Å². The average molecular weight is 873 g/mol. The zero-order chi connectivity index (χ0) is 45.1. The van der Waals surface area contributed by atoms with Gasteiger partial charge in [0.25, 0.3) is 0 Å². The van der Waals surface area contributed by atoms with Crippen molar-refractivity contribution in [1.29, 1.82) is 0 Å². The van der Waals surface area contributed by atoms with E-state index >= 15 is 0 Å². The molecule has 0 aliphatic rings. The van der Waals surface area contributed by atoms with Crippen LogP contribution in [0.25, 0.3) is 0 Å². The van der Waals surface area contributed by atoms with Crippen molar-refractivity contribution in [2.45, 2.75) is 303 Å². The standard InChI is InChI=1S/C56H104O6/c1-4-7-10-13-16-18-20-22-23-24-25-26-27-28-29-30-31-32-33-35-36-38-40-43-46-49-55(58)61-52-53(51-60-54(57)48-45-42-15-12-9-6-3)62-56(59)50-47-44-41-39-37-34-21-19-17-14-11-8-5-2/h20,22,24-25,53H,4-19,21,23,26-52H2,1-3H3/b22-20-,25-24-. The predicted octanol–water partition coefficient (Wildman–Crippen LogP) is 17.9. The van der Waals surface area contributed by atoms with Crippen LogP contribution in [0.4, 0.5) is 0 Å². The van der Waals surface area contributed by atoms with Crippen LogP contribution in [0.5, 0.6) is 0 Å². The summed E-state index contributed by atoms with van der Waals surface area (Å²) in [5.74, 6) is -0.863. The number of carbonyl (C=O) groups excluding carboxylic acids is 3. The minimum Gasteiger partial charge on any atom is -0.462 e. The molecule has 0 radical (unpaired) electrons. The largest absolute Gasteiger partial charge is 0.462 e. The first-order chi connectivity index (χ1) is 30.5. The first-order valence-corrected chi connectivity index (χ1v) is 27.3. The smallest absolute Gasteiger partial charge is 0.306 e. The normalized spacial score (nSPS) is 12.1. The van der Waals surface area contributed by atoms with Crippen molar-refractivity contribution in [3.05, 3.63) is 24.3 Å². The lowest BCUT2D eigenvalue weighted by atomic mass is 10.0. The maximum atomic E-state index is 12.7. The maximum absolute atomic E-state index is 12.7. The van der Waals surface area contributed by atoms with Crippen LogP contribution < -0.4 is 0 Å². The minimum atomic E-state index is -0.763. The lowest BCUT2D eigenvalue weighted by molar-refractivity contribution is -0.167. The van der Waals surface area contributed by atoms with E-state index in [-0.39, 0.29) is 31.1 Å². The van der Waals surface area contributed by atoms with Crippen molar-refractivity contribution in [3.63, 3.8) is 0 Å². The van der Waals surface area contributed by atoms with Gasteiger partial charge in [-0.15, -0.1) is 0 Å². The molecule has 0 rings (SSSR count). The van der Waals surface area contributed by atoms with Crippen molar-refractivity contribution in [1.82, 2.24) is 0 Å². The molecular formula is C56H104O6. The zero-order valence-electron chi connectivity index (χ0n) is 41.7. The number of hydrogen-bond acceptors (Lipinski definition) is 6. The molecule has 364 valence electrons. The fourth-order valence-corrected chi connectivity index (χ4v) is 8.06. The molecule has 0 aromatic heterocycles. The van der Waals surface area contributed by atoms with Crippen LogP contribution in [-0.2, 0) is 28.6 Å². The molecule has 0 fully saturated rings. The first-order valence-electron chi connectivity index (χ1n) is 27.3. The molecule has 0 bridgehead atoms. The van der Waals surface area contributed by atoms with Gasteiger partial charge in [0, 0.05) is 19.3 Å². The molecule has 1 unspecified atom stereocenters. The quantitative estimate of drug-likeness (QED) is 0.0262. The van der Waals surface area contributed by atoms with E-state index < -0.39 is 6.10 Å². The third-order valence-corrected chi connectivity index (χ3v) is 12.2. The molecule has 0 amide bonds. The molecule has 0 N–H and O–H groups in total. The van der Waals surface area contributed by atoms with E-state index in [2.05, 4.69) is 45.1 Å².